The number of rotatable bonds is 7. The molecule has 114 valence electrons. The molecule has 2 rings (SSSR count). The Labute approximate surface area is 126 Å². The van der Waals surface area contributed by atoms with Crippen LogP contribution in [0.25, 0.3) is 0 Å². The number of nitrogens with zero attached hydrogens (tertiary/aromatic N) is 3. The van der Waals surface area contributed by atoms with E-state index >= 15 is 0 Å². The molecular weight excluding hydrogens is 264 g/mol. The molecule has 0 aliphatic heterocycles. The summed E-state index contributed by atoms with van der Waals surface area (Å²) in [6, 6.07) is 4.28. The lowest BCUT2D eigenvalue weighted by Crippen LogP contribution is -2.19. The summed E-state index contributed by atoms with van der Waals surface area (Å²) in [6.45, 7) is 10.3. The van der Waals surface area contributed by atoms with Crippen LogP contribution in [0.4, 0.5) is 0 Å². The average Bonchev–Trinajstić information content (AvgIpc) is 2.89. The van der Waals surface area contributed by atoms with Crippen molar-refractivity contribution in [3.63, 3.8) is 0 Å². The van der Waals surface area contributed by atoms with Crippen molar-refractivity contribution in [1.29, 1.82) is 0 Å². The van der Waals surface area contributed by atoms with Crippen LogP contribution >= 0.6 is 0 Å². The highest BCUT2D eigenvalue weighted by molar-refractivity contribution is 5.30. The van der Waals surface area contributed by atoms with Gasteiger partial charge in [0.2, 0.25) is 5.88 Å². The highest BCUT2D eigenvalue weighted by atomic mass is 16.5. The number of aromatic nitrogens is 3. The Morgan fingerprint density at radius 1 is 1.29 bits per heavy atom. The van der Waals surface area contributed by atoms with Crippen LogP contribution in [-0.4, -0.2) is 21.3 Å². The summed E-state index contributed by atoms with van der Waals surface area (Å²) in [5.41, 5.74) is 1.05. The van der Waals surface area contributed by atoms with Crippen LogP contribution in [0, 0.1) is 5.92 Å². The fourth-order valence-electron chi connectivity index (χ4n) is 1.91. The van der Waals surface area contributed by atoms with Crippen LogP contribution in [0.2, 0.25) is 0 Å². The maximum absolute atomic E-state index is 5.86. The first-order valence-electron chi connectivity index (χ1n) is 7.43. The lowest BCUT2D eigenvalue weighted by atomic mass is 10.2. The van der Waals surface area contributed by atoms with Crippen molar-refractivity contribution < 1.29 is 4.74 Å². The van der Waals surface area contributed by atoms with Gasteiger partial charge in [-0.15, -0.1) is 0 Å². The molecule has 0 bridgehead atoms. The SMILES string of the molecule is CC(C)CNCc1cccnc1Oc1cnn(C(C)C)c1. The summed E-state index contributed by atoms with van der Waals surface area (Å²) in [4.78, 5) is 4.33. The quantitative estimate of drug-likeness (QED) is 0.848. The third-order valence-electron chi connectivity index (χ3n) is 3.04. The second-order valence-corrected chi connectivity index (χ2v) is 5.84. The standard InChI is InChI=1S/C16H24N4O/c1-12(2)8-17-9-14-6-5-7-18-16(14)21-15-10-19-20(11-15)13(3)4/h5-7,10-13,17H,8-9H2,1-4H3. The minimum atomic E-state index is 0.318. The van der Waals surface area contributed by atoms with E-state index in [4.69, 9.17) is 4.74 Å². The molecule has 0 saturated carbocycles. The molecule has 0 aliphatic rings. The average molecular weight is 288 g/mol. The molecule has 0 radical (unpaired) electrons. The Balaban J connectivity index is 2.04. The van der Waals surface area contributed by atoms with Crippen LogP contribution in [0.5, 0.6) is 11.6 Å². The maximum Gasteiger partial charge on any atom is 0.223 e. The molecule has 0 amide bonds. The van der Waals surface area contributed by atoms with Gasteiger partial charge in [-0.1, -0.05) is 19.9 Å². The van der Waals surface area contributed by atoms with Gasteiger partial charge in [0.05, 0.1) is 12.4 Å². The fourth-order valence-corrected chi connectivity index (χ4v) is 1.91. The van der Waals surface area contributed by atoms with Gasteiger partial charge in [-0.3, -0.25) is 4.68 Å². The van der Waals surface area contributed by atoms with Crippen molar-refractivity contribution in [2.24, 2.45) is 5.92 Å². The van der Waals surface area contributed by atoms with Gasteiger partial charge in [0.1, 0.15) is 0 Å². The molecule has 0 spiro atoms. The highest BCUT2D eigenvalue weighted by Gasteiger charge is 2.09. The highest BCUT2D eigenvalue weighted by Crippen LogP contribution is 2.23. The lowest BCUT2D eigenvalue weighted by Gasteiger charge is -2.11. The minimum Gasteiger partial charge on any atom is -0.435 e. The molecule has 5 nitrogen and oxygen atoms in total. The second-order valence-electron chi connectivity index (χ2n) is 5.84. The lowest BCUT2D eigenvalue weighted by molar-refractivity contribution is 0.447. The van der Waals surface area contributed by atoms with Gasteiger partial charge in [0.25, 0.3) is 0 Å². The third-order valence-corrected chi connectivity index (χ3v) is 3.04. The first-order chi connectivity index (χ1) is 10.1. The van der Waals surface area contributed by atoms with Gasteiger partial charge in [0.15, 0.2) is 5.75 Å². The van der Waals surface area contributed by atoms with Gasteiger partial charge >= 0.3 is 0 Å². The zero-order chi connectivity index (χ0) is 15.2. The van der Waals surface area contributed by atoms with Crippen molar-refractivity contribution in [3.8, 4) is 11.6 Å². The second kappa shape index (κ2) is 7.22. The van der Waals surface area contributed by atoms with E-state index in [-0.39, 0.29) is 0 Å². The van der Waals surface area contributed by atoms with E-state index < -0.39 is 0 Å². The molecule has 2 heterocycles. The predicted molar refractivity (Wildman–Crippen MR) is 83.5 cm³/mol. The molecule has 0 fully saturated rings. The van der Waals surface area contributed by atoms with E-state index in [9.17, 15) is 0 Å². The van der Waals surface area contributed by atoms with Crippen molar-refractivity contribution in [3.05, 3.63) is 36.3 Å². The Morgan fingerprint density at radius 2 is 2.10 bits per heavy atom. The normalized spacial score (nSPS) is 11.3. The van der Waals surface area contributed by atoms with Crippen LogP contribution < -0.4 is 10.1 Å². The largest absolute Gasteiger partial charge is 0.435 e. The van der Waals surface area contributed by atoms with Crippen LogP contribution in [0.1, 0.15) is 39.3 Å². The number of hydrogen-bond donors (Lipinski definition) is 1. The van der Waals surface area contributed by atoms with Gasteiger partial charge in [-0.25, -0.2) is 4.98 Å². The summed E-state index contributed by atoms with van der Waals surface area (Å²) in [7, 11) is 0. The first kappa shape index (κ1) is 15.5. The molecule has 0 aliphatic carbocycles. The number of nitrogens with one attached hydrogen (secondary N) is 1. The van der Waals surface area contributed by atoms with Crippen LogP contribution in [-0.2, 0) is 6.54 Å². The topological polar surface area (TPSA) is 52.0 Å². The van der Waals surface area contributed by atoms with E-state index in [2.05, 4.69) is 43.1 Å². The van der Waals surface area contributed by atoms with E-state index in [0.29, 0.717) is 23.6 Å². The Hall–Kier alpha value is -1.88. The van der Waals surface area contributed by atoms with Gasteiger partial charge in [-0.05, 0) is 32.4 Å². The maximum atomic E-state index is 5.86. The Bertz CT molecular complexity index is 563. The van der Waals surface area contributed by atoms with Crippen molar-refractivity contribution in [1.82, 2.24) is 20.1 Å². The molecule has 21 heavy (non-hydrogen) atoms. The molecule has 1 N–H and O–H groups in total. The summed E-state index contributed by atoms with van der Waals surface area (Å²) < 4.78 is 7.73. The Kier molecular flexibility index (Phi) is 5.33. The van der Waals surface area contributed by atoms with E-state index in [0.717, 1.165) is 18.7 Å². The molecule has 0 aromatic carbocycles. The van der Waals surface area contributed by atoms with Gasteiger partial charge in [-0.2, -0.15) is 5.10 Å². The molecule has 2 aromatic rings. The summed E-state index contributed by atoms with van der Waals surface area (Å²) in [6.07, 6.45) is 5.36. The summed E-state index contributed by atoms with van der Waals surface area (Å²) in [5, 5.41) is 7.69. The molecule has 0 unspecified atom stereocenters. The predicted octanol–water partition coefficient (Wildman–Crippen LogP) is 3.40. The molecular formula is C16H24N4O. The van der Waals surface area contributed by atoms with Crippen molar-refractivity contribution in [2.45, 2.75) is 40.3 Å². The zero-order valence-electron chi connectivity index (χ0n) is 13.2. The smallest absolute Gasteiger partial charge is 0.223 e. The zero-order valence-corrected chi connectivity index (χ0v) is 13.2. The van der Waals surface area contributed by atoms with Crippen molar-refractivity contribution >= 4 is 0 Å². The summed E-state index contributed by atoms with van der Waals surface area (Å²) >= 11 is 0. The van der Waals surface area contributed by atoms with E-state index in [1.807, 2.05) is 23.0 Å². The Morgan fingerprint density at radius 3 is 2.76 bits per heavy atom. The third kappa shape index (κ3) is 4.56. The van der Waals surface area contributed by atoms with Crippen molar-refractivity contribution in [2.75, 3.05) is 6.54 Å². The first-order valence-corrected chi connectivity index (χ1v) is 7.43. The van der Waals surface area contributed by atoms with Crippen LogP contribution in [0.3, 0.4) is 0 Å². The molecule has 2 aromatic heterocycles. The monoisotopic (exact) mass is 288 g/mol. The minimum absolute atomic E-state index is 0.318. The van der Waals surface area contributed by atoms with E-state index in [1.165, 1.54) is 0 Å². The molecule has 0 atom stereocenters. The summed E-state index contributed by atoms with van der Waals surface area (Å²) in [5.74, 6) is 1.97. The van der Waals surface area contributed by atoms with E-state index in [1.54, 1.807) is 12.4 Å². The van der Waals surface area contributed by atoms with Crippen LogP contribution in [0.15, 0.2) is 30.7 Å². The number of ether oxygens (including phenoxy) is 1. The number of pyridine rings is 1. The fraction of sp³-hybridized carbons (Fsp3) is 0.500. The molecule has 0 saturated heterocycles. The van der Waals surface area contributed by atoms with Gasteiger partial charge < -0.3 is 10.1 Å². The van der Waals surface area contributed by atoms with Gasteiger partial charge in [0, 0.05) is 24.3 Å². The molecule has 5 heteroatoms. The number of hydrogen-bond acceptors (Lipinski definition) is 4.